The molecule has 0 fully saturated rings. The third-order valence-electron chi connectivity index (χ3n) is 5.16. The number of urea groups is 1. The molecule has 0 saturated heterocycles. The van der Waals surface area contributed by atoms with Gasteiger partial charge in [-0.05, 0) is 35.7 Å². The lowest BCUT2D eigenvalue weighted by atomic mass is 10.0. The minimum Gasteiger partial charge on any atom is -0.326 e. The van der Waals surface area contributed by atoms with E-state index in [9.17, 15) is 14.0 Å². The van der Waals surface area contributed by atoms with Crippen molar-refractivity contribution in [3.63, 3.8) is 0 Å². The Labute approximate surface area is 174 Å². The number of nitrogens with zero attached hydrogens (tertiary/aromatic N) is 1. The van der Waals surface area contributed by atoms with Crippen molar-refractivity contribution >= 4 is 23.3 Å². The number of hydrogen-bond donors (Lipinski definition) is 2. The van der Waals surface area contributed by atoms with Gasteiger partial charge in [0.15, 0.2) is 0 Å². The number of para-hydroxylation sites is 2. The molecule has 0 radical (unpaired) electrons. The van der Waals surface area contributed by atoms with Gasteiger partial charge in [-0.15, -0.1) is 0 Å². The molecule has 3 aromatic rings. The van der Waals surface area contributed by atoms with Crippen LogP contribution in [0.1, 0.15) is 11.1 Å². The number of rotatable bonds is 5. The van der Waals surface area contributed by atoms with E-state index in [-0.39, 0.29) is 11.6 Å². The highest BCUT2D eigenvalue weighted by molar-refractivity contribution is 6.02. The largest absolute Gasteiger partial charge is 0.326 e. The highest BCUT2D eigenvalue weighted by atomic mass is 19.1. The van der Waals surface area contributed by atoms with Crippen molar-refractivity contribution in [3.05, 3.63) is 95.8 Å². The van der Waals surface area contributed by atoms with Crippen molar-refractivity contribution in [2.75, 3.05) is 16.8 Å². The smallest absolute Gasteiger partial charge is 0.319 e. The van der Waals surface area contributed by atoms with Crippen LogP contribution in [-0.2, 0) is 17.6 Å². The molecule has 3 amide bonds. The first-order chi connectivity index (χ1) is 14.6. The molecule has 1 aliphatic rings. The zero-order chi connectivity index (χ0) is 20.9. The Bertz CT molecular complexity index is 1060. The summed E-state index contributed by atoms with van der Waals surface area (Å²) in [5.41, 5.74) is 2.97. The first-order valence-electron chi connectivity index (χ1n) is 9.87. The molecule has 1 atom stereocenters. The lowest BCUT2D eigenvalue weighted by molar-refractivity contribution is -0.120. The van der Waals surface area contributed by atoms with Crippen LogP contribution in [0.2, 0.25) is 0 Å². The maximum atomic E-state index is 13.9. The number of carbonyl (C=O) groups is 2. The second kappa shape index (κ2) is 8.78. The van der Waals surface area contributed by atoms with Crippen LogP contribution in [0.25, 0.3) is 0 Å². The first-order valence-corrected chi connectivity index (χ1v) is 9.87. The van der Waals surface area contributed by atoms with Gasteiger partial charge in [-0.1, -0.05) is 60.7 Å². The molecule has 0 spiro atoms. The van der Waals surface area contributed by atoms with Crippen molar-refractivity contribution in [2.24, 2.45) is 0 Å². The molecule has 2 N–H and O–H groups in total. The molecule has 0 saturated carbocycles. The summed E-state index contributed by atoms with van der Waals surface area (Å²) in [5.74, 6) is -0.723. The fourth-order valence-corrected chi connectivity index (χ4v) is 3.68. The summed E-state index contributed by atoms with van der Waals surface area (Å²) >= 11 is 0. The maximum Gasteiger partial charge on any atom is 0.319 e. The molecule has 0 aliphatic carbocycles. The van der Waals surface area contributed by atoms with E-state index in [1.54, 1.807) is 17.0 Å². The zero-order valence-electron chi connectivity index (χ0n) is 16.3. The predicted octanol–water partition coefficient (Wildman–Crippen LogP) is 4.15. The topological polar surface area (TPSA) is 61.4 Å². The average molecular weight is 403 g/mol. The van der Waals surface area contributed by atoms with Gasteiger partial charge in [0.2, 0.25) is 5.91 Å². The van der Waals surface area contributed by atoms with E-state index in [0.717, 1.165) is 23.2 Å². The Kier molecular flexibility index (Phi) is 5.75. The third kappa shape index (κ3) is 4.33. The van der Waals surface area contributed by atoms with Gasteiger partial charge < -0.3 is 15.5 Å². The van der Waals surface area contributed by atoms with Crippen LogP contribution in [-0.4, -0.2) is 24.5 Å². The standard InChI is InChI=1S/C24H22FN3O2/c25-19-11-5-6-12-20(19)26-24(30)27-21(16-17-8-2-1-3-9-17)23(29)28-15-14-18-10-4-7-13-22(18)28/h1-13,21H,14-16H2,(H2,26,27,30). The van der Waals surface area contributed by atoms with Crippen molar-refractivity contribution in [3.8, 4) is 0 Å². The van der Waals surface area contributed by atoms with Crippen LogP contribution in [0, 0.1) is 5.82 Å². The quantitative estimate of drug-likeness (QED) is 0.672. The number of halogens is 1. The van der Waals surface area contributed by atoms with Crippen LogP contribution < -0.4 is 15.5 Å². The van der Waals surface area contributed by atoms with Gasteiger partial charge >= 0.3 is 6.03 Å². The zero-order valence-corrected chi connectivity index (χ0v) is 16.3. The van der Waals surface area contributed by atoms with E-state index in [2.05, 4.69) is 10.6 Å². The van der Waals surface area contributed by atoms with Crippen LogP contribution in [0.5, 0.6) is 0 Å². The Morgan fingerprint density at radius 1 is 0.933 bits per heavy atom. The summed E-state index contributed by atoms with van der Waals surface area (Å²) < 4.78 is 13.9. The van der Waals surface area contributed by atoms with E-state index < -0.39 is 17.9 Å². The lowest BCUT2D eigenvalue weighted by Crippen LogP contribution is -2.50. The normalized spacial score (nSPS) is 13.4. The molecule has 0 bridgehead atoms. The molecule has 5 nitrogen and oxygen atoms in total. The van der Waals surface area contributed by atoms with E-state index in [0.29, 0.717) is 13.0 Å². The summed E-state index contributed by atoms with van der Waals surface area (Å²) in [4.78, 5) is 27.7. The van der Waals surface area contributed by atoms with Crippen molar-refractivity contribution < 1.29 is 14.0 Å². The van der Waals surface area contributed by atoms with Gasteiger partial charge in [-0.2, -0.15) is 0 Å². The van der Waals surface area contributed by atoms with Crippen molar-refractivity contribution in [2.45, 2.75) is 18.9 Å². The highest BCUT2D eigenvalue weighted by Gasteiger charge is 2.31. The Hall–Kier alpha value is -3.67. The third-order valence-corrected chi connectivity index (χ3v) is 5.16. The number of benzene rings is 3. The summed E-state index contributed by atoms with van der Waals surface area (Å²) in [5, 5.41) is 5.24. The fraction of sp³-hybridized carbons (Fsp3) is 0.167. The number of fused-ring (bicyclic) bond motifs is 1. The molecule has 1 heterocycles. The van der Waals surface area contributed by atoms with E-state index in [1.165, 1.54) is 12.1 Å². The molecule has 3 aromatic carbocycles. The number of anilines is 2. The van der Waals surface area contributed by atoms with E-state index >= 15 is 0 Å². The summed E-state index contributed by atoms with van der Waals surface area (Å²) in [6.07, 6.45) is 1.12. The first kappa shape index (κ1) is 19.6. The van der Waals surface area contributed by atoms with Gasteiger partial charge in [0.1, 0.15) is 11.9 Å². The molecule has 6 heteroatoms. The molecule has 152 valence electrons. The van der Waals surface area contributed by atoms with Crippen LogP contribution >= 0.6 is 0 Å². The Morgan fingerprint density at radius 2 is 1.63 bits per heavy atom. The van der Waals surface area contributed by atoms with Crippen molar-refractivity contribution in [1.82, 2.24) is 5.32 Å². The average Bonchev–Trinajstić information content (AvgIpc) is 3.19. The van der Waals surface area contributed by atoms with Gasteiger partial charge in [-0.25, -0.2) is 9.18 Å². The number of carbonyl (C=O) groups excluding carboxylic acids is 2. The van der Waals surface area contributed by atoms with E-state index in [1.807, 2.05) is 54.6 Å². The number of nitrogens with one attached hydrogen (secondary N) is 2. The predicted molar refractivity (Wildman–Crippen MR) is 115 cm³/mol. The summed E-state index contributed by atoms with van der Waals surface area (Å²) in [6, 6.07) is 21.8. The maximum absolute atomic E-state index is 13.9. The van der Waals surface area contributed by atoms with Gasteiger partial charge in [0.05, 0.1) is 5.69 Å². The SMILES string of the molecule is O=C(Nc1ccccc1F)NC(Cc1ccccc1)C(=O)N1CCc2ccccc21. The molecule has 4 rings (SSSR count). The van der Waals surface area contributed by atoms with Crippen molar-refractivity contribution in [1.29, 1.82) is 0 Å². The van der Waals surface area contributed by atoms with E-state index in [4.69, 9.17) is 0 Å². The minimum atomic E-state index is -0.787. The molecule has 1 unspecified atom stereocenters. The molecular weight excluding hydrogens is 381 g/mol. The van der Waals surface area contributed by atoms with Gasteiger partial charge in [0.25, 0.3) is 0 Å². The number of hydrogen-bond acceptors (Lipinski definition) is 2. The van der Waals surface area contributed by atoms with Crippen LogP contribution in [0.4, 0.5) is 20.6 Å². The van der Waals surface area contributed by atoms with Gasteiger partial charge in [-0.3, -0.25) is 4.79 Å². The Morgan fingerprint density at radius 3 is 2.43 bits per heavy atom. The molecule has 1 aliphatic heterocycles. The second-order valence-corrected chi connectivity index (χ2v) is 7.19. The summed E-state index contributed by atoms with van der Waals surface area (Å²) in [7, 11) is 0. The monoisotopic (exact) mass is 403 g/mol. The number of amides is 3. The van der Waals surface area contributed by atoms with Gasteiger partial charge in [0, 0.05) is 18.7 Å². The Balaban J connectivity index is 1.54. The van der Waals surface area contributed by atoms with Crippen LogP contribution in [0.15, 0.2) is 78.9 Å². The molecule has 0 aromatic heterocycles. The highest BCUT2D eigenvalue weighted by Crippen LogP contribution is 2.28. The molecular formula is C24H22FN3O2. The fourth-order valence-electron chi connectivity index (χ4n) is 3.68. The molecule has 30 heavy (non-hydrogen) atoms. The van der Waals surface area contributed by atoms with Crippen LogP contribution in [0.3, 0.4) is 0 Å². The lowest BCUT2D eigenvalue weighted by Gasteiger charge is -2.25. The minimum absolute atomic E-state index is 0.0624. The summed E-state index contributed by atoms with van der Waals surface area (Å²) in [6.45, 7) is 0.570. The second-order valence-electron chi connectivity index (χ2n) is 7.19.